The standard InChI is InChI=1S/C27H29ClN6O4S/c1-17-30-25-24(15-29-39(37,38)23-7-8-23)31-34(22-4-2-3-20(28)14-22)26(25)27(36)33(17)21-6-5-18-9-10-32(11-12-35)16-19(18)13-21/h2-6,13-14,23,29,35H,7-12,15-16H2,1H3. The maximum atomic E-state index is 14.1. The van der Waals surface area contributed by atoms with Crippen LogP contribution in [-0.4, -0.2) is 62.7 Å². The van der Waals surface area contributed by atoms with Crippen molar-refractivity contribution >= 4 is 32.7 Å². The fourth-order valence-corrected chi connectivity index (χ4v) is 6.70. The Morgan fingerprint density at radius 1 is 1.13 bits per heavy atom. The summed E-state index contributed by atoms with van der Waals surface area (Å²) < 4.78 is 30.7. The van der Waals surface area contributed by atoms with Gasteiger partial charge < -0.3 is 5.11 Å². The number of aryl methyl sites for hydroxylation is 1. The van der Waals surface area contributed by atoms with Crippen molar-refractivity contribution in [1.82, 2.24) is 29.0 Å². The summed E-state index contributed by atoms with van der Waals surface area (Å²) in [5, 5.41) is 14.1. The lowest BCUT2D eigenvalue weighted by molar-refractivity contribution is 0.184. The van der Waals surface area contributed by atoms with E-state index in [0.717, 1.165) is 18.5 Å². The Kier molecular flexibility index (Phi) is 6.80. The van der Waals surface area contributed by atoms with Crippen LogP contribution in [0.3, 0.4) is 0 Å². The molecule has 2 aliphatic rings. The van der Waals surface area contributed by atoms with Gasteiger partial charge in [0.2, 0.25) is 10.0 Å². The summed E-state index contributed by atoms with van der Waals surface area (Å²) in [6.45, 7) is 3.96. The van der Waals surface area contributed by atoms with Crippen LogP contribution in [0.25, 0.3) is 22.4 Å². The molecule has 0 spiro atoms. The van der Waals surface area contributed by atoms with Crippen molar-refractivity contribution in [3.05, 3.63) is 80.5 Å². The molecule has 2 N–H and O–H groups in total. The fourth-order valence-electron chi connectivity index (χ4n) is 5.19. The van der Waals surface area contributed by atoms with Crippen LogP contribution >= 0.6 is 11.6 Å². The second-order valence-corrected chi connectivity index (χ2v) is 12.6. The molecule has 0 atom stereocenters. The predicted molar refractivity (Wildman–Crippen MR) is 149 cm³/mol. The molecular weight excluding hydrogens is 540 g/mol. The molecule has 10 nitrogen and oxygen atoms in total. The number of benzene rings is 2. The van der Waals surface area contributed by atoms with Crippen LogP contribution in [0.15, 0.2) is 47.3 Å². The quantitative estimate of drug-likeness (QED) is 0.335. The summed E-state index contributed by atoms with van der Waals surface area (Å²) in [5.41, 5.74) is 4.23. The van der Waals surface area contributed by atoms with Crippen LogP contribution in [0.5, 0.6) is 0 Å². The van der Waals surface area contributed by atoms with Crippen molar-refractivity contribution < 1.29 is 13.5 Å². The number of β-amino-alcohol motifs (C(OH)–C–C–N with tert-alkyl or cyclic N) is 1. The van der Waals surface area contributed by atoms with E-state index in [0.29, 0.717) is 59.4 Å². The van der Waals surface area contributed by atoms with Crippen LogP contribution in [-0.2, 0) is 29.5 Å². The van der Waals surface area contributed by atoms with Gasteiger partial charge in [-0.1, -0.05) is 23.7 Å². The number of aromatic nitrogens is 4. The molecule has 1 fully saturated rings. The van der Waals surface area contributed by atoms with Crippen molar-refractivity contribution in [3.8, 4) is 11.4 Å². The van der Waals surface area contributed by atoms with Crippen molar-refractivity contribution in [1.29, 1.82) is 0 Å². The topological polar surface area (TPSA) is 122 Å². The Morgan fingerprint density at radius 2 is 1.95 bits per heavy atom. The highest BCUT2D eigenvalue weighted by Gasteiger charge is 2.35. The summed E-state index contributed by atoms with van der Waals surface area (Å²) in [5.74, 6) is 0.465. The van der Waals surface area contributed by atoms with Gasteiger partial charge in [0, 0.05) is 24.7 Å². The molecular formula is C27H29ClN6O4S. The lowest BCUT2D eigenvalue weighted by atomic mass is 9.99. The van der Waals surface area contributed by atoms with Gasteiger partial charge in [-0.2, -0.15) is 5.10 Å². The second-order valence-electron chi connectivity index (χ2n) is 10.1. The van der Waals surface area contributed by atoms with Crippen LogP contribution in [0.4, 0.5) is 0 Å². The van der Waals surface area contributed by atoms with Crippen molar-refractivity contribution in [2.75, 3.05) is 19.7 Å². The van der Waals surface area contributed by atoms with E-state index >= 15 is 0 Å². The first-order valence-electron chi connectivity index (χ1n) is 13.0. The first-order valence-corrected chi connectivity index (χ1v) is 14.9. The summed E-state index contributed by atoms with van der Waals surface area (Å²) in [7, 11) is -3.46. The van der Waals surface area contributed by atoms with E-state index in [1.807, 2.05) is 18.2 Å². The van der Waals surface area contributed by atoms with E-state index in [4.69, 9.17) is 16.6 Å². The Morgan fingerprint density at radius 3 is 2.69 bits per heavy atom. The van der Waals surface area contributed by atoms with Crippen molar-refractivity contribution in [3.63, 3.8) is 0 Å². The number of halogens is 1. The summed E-state index contributed by atoms with van der Waals surface area (Å²) >= 11 is 6.26. The van der Waals surface area contributed by atoms with Crippen molar-refractivity contribution in [2.45, 2.75) is 44.5 Å². The van der Waals surface area contributed by atoms with Crippen LogP contribution in [0.2, 0.25) is 5.02 Å². The van der Waals surface area contributed by atoms with E-state index in [1.165, 1.54) is 10.2 Å². The number of hydrogen-bond donors (Lipinski definition) is 2. The summed E-state index contributed by atoms with van der Waals surface area (Å²) in [6, 6.07) is 13.0. The van der Waals surface area contributed by atoms with E-state index in [1.54, 1.807) is 35.8 Å². The Labute approximate surface area is 230 Å². The zero-order valence-corrected chi connectivity index (χ0v) is 23.0. The number of nitrogens with zero attached hydrogens (tertiary/aromatic N) is 5. The largest absolute Gasteiger partial charge is 0.395 e. The lowest BCUT2D eigenvalue weighted by Crippen LogP contribution is -2.33. The van der Waals surface area contributed by atoms with Gasteiger partial charge in [-0.25, -0.2) is 22.8 Å². The number of fused-ring (bicyclic) bond motifs is 2. The monoisotopic (exact) mass is 568 g/mol. The molecule has 2 aromatic heterocycles. The third kappa shape index (κ3) is 5.01. The highest BCUT2D eigenvalue weighted by Crippen LogP contribution is 2.28. The third-order valence-corrected chi connectivity index (χ3v) is 9.48. The molecule has 4 aromatic rings. The first-order chi connectivity index (χ1) is 18.7. The van der Waals surface area contributed by atoms with Crippen LogP contribution < -0.4 is 10.3 Å². The molecule has 0 unspecified atom stereocenters. The number of sulfonamides is 1. The van der Waals surface area contributed by atoms with Gasteiger partial charge in [0.25, 0.3) is 5.56 Å². The Hall–Kier alpha value is -3.09. The lowest BCUT2D eigenvalue weighted by Gasteiger charge is -2.28. The number of rotatable bonds is 8. The molecule has 0 amide bonds. The van der Waals surface area contributed by atoms with E-state index in [2.05, 4.69) is 14.7 Å². The minimum atomic E-state index is -3.46. The number of aliphatic hydroxyl groups excluding tert-OH is 1. The minimum Gasteiger partial charge on any atom is -0.395 e. The van der Waals surface area contributed by atoms with E-state index < -0.39 is 10.0 Å². The van der Waals surface area contributed by atoms with Crippen molar-refractivity contribution in [2.24, 2.45) is 0 Å². The Bertz CT molecular complexity index is 1750. The van der Waals surface area contributed by atoms with Crippen LogP contribution in [0, 0.1) is 6.92 Å². The molecule has 39 heavy (non-hydrogen) atoms. The highest BCUT2D eigenvalue weighted by atomic mass is 35.5. The van der Waals surface area contributed by atoms with Gasteiger partial charge in [0.1, 0.15) is 17.0 Å². The predicted octanol–water partition coefficient (Wildman–Crippen LogP) is 2.47. The summed E-state index contributed by atoms with van der Waals surface area (Å²) in [6.07, 6.45) is 2.17. The molecule has 1 saturated carbocycles. The summed E-state index contributed by atoms with van der Waals surface area (Å²) in [4.78, 5) is 21.1. The van der Waals surface area contributed by atoms with E-state index in [-0.39, 0.29) is 29.5 Å². The SMILES string of the molecule is Cc1nc2c(CNS(=O)(=O)C3CC3)nn(-c3cccc(Cl)c3)c2c(=O)n1-c1ccc2c(c1)CN(CCO)CC2. The number of aliphatic hydroxyl groups is 1. The smallest absolute Gasteiger partial charge is 0.284 e. The maximum Gasteiger partial charge on any atom is 0.284 e. The molecule has 3 heterocycles. The number of hydrogen-bond acceptors (Lipinski definition) is 7. The molecule has 6 rings (SSSR count). The average molecular weight is 569 g/mol. The molecule has 0 saturated heterocycles. The molecule has 1 aliphatic heterocycles. The molecule has 204 valence electrons. The molecule has 2 aromatic carbocycles. The van der Waals surface area contributed by atoms with Gasteiger partial charge >= 0.3 is 0 Å². The van der Waals surface area contributed by atoms with Gasteiger partial charge in [-0.05, 0) is 67.6 Å². The molecule has 1 aliphatic carbocycles. The maximum absolute atomic E-state index is 14.1. The minimum absolute atomic E-state index is 0.0711. The van der Waals surface area contributed by atoms with E-state index in [9.17, 15) is 18.3 Å². The second kappa shape index (κ2) is 10.1. The fraction of sp³-hybridized carbons (Fsp3) is 0.370. The van der Waals surface area contributed by atoms with Crippen LogP contribution in [0.1, 0.15) is 35.5 Å². The highest BCUT2D eigenvalue weighted by molar-refractivity contribution is 7.90. The Balaban J connectivity index is 1.49. The zero-order valence-electron chi connectivity index (χ0n) is 21.5. The zero-order chi connectivity index (χ0) is 27.3. The van der Waals surface area contributed by atoms with Gasteiger partial charge in [-0.15, -0.1) is 0 Å². The number of nitrogens with one attached hydrogen (secondary N) is 1. The van der Waals surface area contributed by atoms with Gasteiger partial charge in [-0.3, -0.25) is 14.3 Å². The van der Waals surface area contributed by atoms with Gasteiger partial charge in [0.15, 0.2) is 5.52 Å². The first kappa shape index (κ1) is 26.1. The molecule has 0 radical (unpaired) electrons. The molecule has 0 bridgehead atoms. The average Bonchev–Trinajstić information content (AvgIpc) is 3.71. The molecule has 12 heteroatoms. The normalized spacial score (nSPS) is 16.1. The van der Waals surface area contributed by atoms with Gasteiger partial charge in [0.05, 0.1) is 29.8 Å². The third-order valence-electron chi connectivity index (χ3n) is 7.35.